The van der Waals surface area contributed by atoms with Crippen LogP contribution in [-0.4, -0.2) is 18.2 Å². The van der Waals surface area contributed by atoms with Crippen LogP contribution in [0.4, 0.5) is 0 Å². The van der Waals surface area contributed by atoms with Gasteiger partial charge >= 0.3 is 5.97 Å². The minimum Gasteiger partial charge on any atom is -0.497 e. The summed E-state index contributed by atoms with van der Waals surface area (Å²) < 4.78 is 10.9. The molecule has 3 aromatic rings. The van der Waals surface area contributed by atoms with Gasteiger partial charge in [-0.15, -0.1) is 0 Å². The van der Waals surface area contributed by atoms with Gasteiger partial charge in [0.1, 0.15) is 11.5 Å². The van der Waals surface area contributed by atoms with E-state index in [4.69, 9.17) is 9.47 Å². The van der Waals surface area contributed by atoms with Crippen LogP contribution in [0.2, 0.25) is 0 Å². The highest BCUT2D eigenvalue weighted by atomic mass is 16.5. The maximum absolute atomic E-state index is 11.9. The molecule has 3 rings (SSSR count). The van der Waals surface area contributed by atoms with Gasteiger partial charge in [-0.25, -0.2) is 4.79 Å². The minimum atomic E-state index is -1.11. The summed E-state index contributed by atoms with van der Waals surface area (Å²) in [7, 11) is 1.58. The Labute approximate surface area is 146 Å². The highest BCUT2D eigenvalue weighted by molar-refractivity contribution is 5.80. The fourth-order valence-electron chi connectivity index (χ4n) is 2.64. The predicted octanol–water partition coefficient (Wildman–Crippen LogP) is 4.57. The van der Waals surface area contributed by atoms with Crippen molar-refractivity contribution < 1.29 is 19.4 Å². The average Bonchev–Trinajstić information content (AvgIpc) is 2.67. The van der Waals surface area contributed by atoms with E-state index < -0.39 is 12.1 Å². The van der Waals surface area contributed by atoms with E-state index in [2.05, 4.69) is 0 Å². The Morgan fingerprint density at radius 3 is 2.08 bits per heavy atom. The summed E-state index contributed by atoms with van der Waals surface area (Å²) in [5, 5.41) is 9.71. The lowest BCUT2D eigenvalue weighted by Crippen LogP contribution is -2.19. The van der Waals surface area contributed by atoms with Crippen LogP contribution < -0.4 is 9.47 Å². The van der Waals surface area contributed by atoms with Gasteiger partial charge in [0.15, 0.2) is 0 Å². The quantitative estimate of drug-likeness (QED) is 0.717. The molecular formula is C21H18O4. The fourth-order valence-corrected chi connectivity index (χ4v) is 2.64. The maximum Gasteiger partial charge on any atom is 0.349 e. The first-order valence-corrected chi connectivity index (χ1v) is 7.87. The molecule has 4 heteroatoms. The van der Waals surface area contributed by atoms with Gasteiger partial charge in [0.2, 0.25) is 6.10 Å². The Bertz CT molecular complexity index is 841. The third kappa shape index (κ3) is 3.80. The SMILES string of the molecule is COc1ccc(OC(C(=O)O)c2ccccc2-c2ccccc2)cc1. The molecule has 0 saturated heterocycles. The van der Waals surface area contributed by atoms with Gasteiger partial charge in [0, 0.05) is 5.56 Å². The zero-order chi connectivity index (χ0) is 17.6. The molecule has 0 fully saturated rings. The molecule has 0 aliphatic rings. The Kier molecular flexibility index (Phi) is 5.00. The van der Waals surface area contributed by atoms with Crippen LogP contribution in [0.1, 0.15) is 11.7 Å². The van der Waals surface area contributed by atoms with Crippen LogP contribution in [0.15, 0.2) is 78.9 Å². The lowest BCUT2D eigenvalue weighted by atomic mass is 9.96. The lowest BCUT2D eigenvalue weighted by molar-refractivity contribution is -0.145. The Morgan fingerprint density at radius 2 is 1.44 bits per heavy atom. The van der Waals surface area contributed by atoms with Crippen LogP contribution in [0.25, 0.3) is 11.1 Å². The maximum atomic E-state index is 11.9. The van der Waals surface area contributed by atoms with Crippen molar-refractivity contribution in [1.29, 1.82) is 0 Å². The lowest BCUT2D eigenvalue weighted by Gasteiger charge is -2.19. The van der Waals surface area contributed by atoms with E-state index in [-0.39, 0.29) is 0 Å². The molecule has 0 amide bonds. The summed E-state index contributed by atoms with van der Waals surface area (Å²) in [5.74, 6) is 0.110. The van der Waals surface area contributed by atoms with Gasteiger partial charge in [-0.2, -0.15) is 0 Å². The van der Waals surface area contributed by atoms with Gasteiger partial charge in [-0.1, -0.05) is 54.6 Å². The van der Waals surface area contributed by atoms with E-state index in [1.54, 1.807) is 37.4 Å². The summed E-state index contributed by atoms with van der Waals surface area (Å²) in [6.07, 6.45) is -1.11. The van der Waals surface area contributed by atoms with Crippen molar-refractivity contribution in [2.75, 3.05) is 7.11 Å². The Balaban J connectivity index is 1.97. The number of rotatable bonds is 6. The zero-order valence-corrected chi connectivity index (χ0v) is 13.8. The smallest absolute Gasteiger partial charge is 0.349 e. The first-order chi connectivity index (χ1) is 12.2. The van der Waals surface area contributed by atoms with Crippen LogP contribution in [-0.2, 0) is 4.79 Å². The summed E-state index contributed by atoms with van der Waals surface area (Å²) in [6.45, 7) is 0. The molecule has 0 spiro atoms. The topological polar surface area (TPSA) is 55.8 Å². The van der Waals surface area contributed by atoms with Crippen molar-refractivity contribution in [3.05, 3.63) is 84.4 Å². The van der Waals surface area contributed by atoms with Gasteiger partial charge in [0.25, 0.3) is 0 Å². The molecule has 1 unspecified atom stereocenters. The molecule has 0 heterocycles. The number of carboxylic acid groups (broad SMARTS) is 1. The summed E-state index contributed by atoms with van der Waals surface area (Å²) >= 11 is 0. The molecule has 0 bridgehead atoms. The van der Waals surface area contributed by atoms with Crippen LogP contribution in [0.3, 0.4) is 0 Å². The van der Waals surface area contributed by atoms with Crippen LogP contribution in [0, 0.1) is 0 Å². The first-order valence-electron chi connectivity index (χ1n) is 7.87. The standard InChI is InChI=1S/C21H18O4/c1-24-16-11-13-17(14-12-16)25-20(21(22)23)19-10-6-5-9-18(19)15-7-3-2-4-8-15/h2-14,20H,1H3,(H,22,23). The van der Waals surface area contributed by atoms with Gasteiger partial charge < -0.3 is 14.6 Å². The zero-order valence-electron chi connectivity index (χ0n) is 13.8. The van der Waals surface area contributed by atoms with Crippen molar-refractivity contribution >= 4 is 5.97 Å². The molecular weight excluding hydrogens is 316 g/mol. The summed E-state index contributed by atoms with van der Waals surface area (Å²) in [4.78, 5) is 11.9. The van der Waals surface area contributed by atoms with E-state index >= 15 is 0 Å². The Hall–Kier alpha value is -3.27. The third-order valence-electron chi connectivity index (χ3n) is 3.87. The molecule has 4 nitrogen and oxygen atoms in total. The molecule has 25 heavy (non-hydrogen) atoms. The van der Waals surface area contributed by atoms with Crippen LogP contribution >= 0.6 is 0 Å². The van der Waals surface area contributed by atoms with E-state index in [1.165, 1.54) is 0 Å². The van der Waals surface area contributed by atoms with Gasteiger partial charge in [0.05, 0.1) is 7.11 Å². The van der Waals surface area contributed by atoms with Gasteiger partial charge in [-0.05, 0) is 35.4 Å². The average molecular weight is 334 g/mol. The molecule has 0 aliphatic carbocycles. The van der Waals surface area contributed by atoms with E-state index in [9.17, 15) is 9.90 Å². The van der Waals surface area contributed by atoms with E-state index in [0.717, 1.165) is 11.1 Å². The van der Waals surface area contributed by atoms with E-state index in [1.807, 2.05) is 48.5 Å². The molecule has 1 atom stereocenters. The number of hydrogen-bond donors (Lipinski definition) is 1. The molecule has 0 aliphatic heterocycles. The molecule has 0 radical (unpaired) electrons. The second kappa shape index (κ2) is 7.53. The summed E-state index contributed by atoms with van der Waals surface area (Å²) in [5.41, 5.74) is 2.39. The highest BCUT2D eigenvalue weighted by Crippen LogP contribution is 2.32. The molecule has 0 aromatic heterocycles. The highest BCUT2D eigenvalue weighted by Gasteiger charge is 2.25. The third-order valence-corrected chi connectivity index (χ3v) is 3.87. The number of benzene rings is 3. The van der Waals surface area contributed by atoms with E-state index in [0.29, 0.717) is 17.1 Å². The van der Waals surface area contributed by atoms with Crippen molar-refractivity contribution in [2.45, 2.75) is 6.10 Å². The number of carboxylic acids is 1. The second-order valence-electron chi connectivity index (χ2n) is 5.46. The normalized spacial score (nSPS) is 11.6. The van der Waals surface area contributed by atoms with Crippen molar-refractivity contribution in [1.82, 2.24) is 0 Å². The molecule has 3 aromatic carbocycles. The number of ether oxygens (including phenoxy) is 2. The number of methoxy groups -OCH3 is 1. The molecule has 126 valence electrons. The monoisotopic (exact) mass is 334 g/mol. The van der Waals surface area contributed by atoms with Gasteiger partial charge in [-0.3, -0.25) is 0 Å². The minimum absolute atomic E-state index is 0.469. The predicted molar refractivity (Wildman–Crippen MR) is 95.9 cm³/mol. The molecule has 1 N–H and O–H groups in total. The van der Waals surface area contributed by atoms with Crippen molar-refractivity contribution in [3.8, 4) is 22.6 Å². The van der Waals surface area contributed by atoms with Crippen molar-refractivity contribution in [3.63, 3.8) is 0 Å². The number of aliphatic carboxylic acids is 1. The largest absolute Gasteiger partial charge is 0.497 e. The van der Waals surface area contributed by atoms with Crippen LogP contribution in [0.5, 0.6) is 11.5 Å². The number of hydrogen-bond acceptors (Lipinski definition) is 3. The second-order valence-corrected chi connectivity index (χ2v) is 5.46. The van der Waals surface area contributed by atoms with Crippen molar-refractivity contribution in [2.24, 2.45) is 0 Å². The molecule has 0 saturated carbocycles. The fraction of sp³-hybridized carbons (Fsp3) is 0.0952. The number of carbonyl (C=O) groups is 1. The Morgan fingerprint density at radius 1 is 0.840 bits per heavy atom. The summed E-state index contributed by atoms with van der Waals surface area (Å²) in [6, 6.07) is 23.9. The first kappa shape index (κ1) is 16.6.